The highest BCUT2D eigenvalue weighted by molar-refractivity contribution is 7.80. The second-order valence-corrected chi connectivity index (χ2v) is 9.57. The van der Waals surface area contributed by atoms with E-state index in [-0.39, 0.29) is 11.9 Å². The number of piperidine rings is 1. The van der Waals surface area contributed by atoms with Crippen molar-refractivity contribution in [1.29, 1.82) is 0 Å². The summed E-state index contributed by atoms with van der Waals surface area (Å²) in [6.07, 6.45) is 5.70. The van der Waals surface area contributed by atoms with E-state index in [2.05, 4.69) is 32.4 Å². The van der Waals surface area contributed by atoms with E-state index in [0.29, 0.717) is 18.2 Å². The fraction of sp³-hybridized carbons (Fsp3) is 0.407. The third kappa shape index (κ3) is 5.82. The van der Waals surface area contributed by atoms with Crippen molar-refractivity contribution in [3.05, 3.63) is 66.0 Å². The summed E-state index contributed by atoms with van der Waals surface area (Å²) in [7, 11) is 0. The maximum atomic E-state index is 13.4. The van der Waals surface area contributed by atoms with Crippen LogP contribution in [0.25, 0.3) is 11.3 Å². The van der Waals surface area contributed by atoms with Crippen LogP contribution in [0, 0.1) is 5.82 Å². The van der Waals surface area contributed by atoms with Crippen molar-refractivity contribution in [3.63, 3.8) is 0 Å². The number of rotatable bonds is 7. The molecule has 2 fully saturated rings. The van der Waals surface area contributed by atoms with Gasteiger partial charge in [0.05, 0.1) is 18.2 Å². The molecule has 8 heteroatoms. The average molecular weight is 495 g/mol. The van der Waals surface area contributed by atoms with Gasteiger partial charge in [-0.25, -0.2) is 4.39 Å². The molecular formula is C27H31FN4O2S. The first-order chi connectivity index (χ1) is 17.2. The third-order valence-electron chi connectivity index (χ3n) is 6.64. The lowest BCUT2D eigenvalue weighted by atomic mass is 10.1. The average Bonchev–Trinajstić information content (AvgIpc) is 3.56. The monoisotopic (exact) mass is 494 g/mol. The van der Waals surface area contributed by atoms with E-state index in [4.69, 9.17) is 21.5 Å². The molecule has 0 aliphatic carbocycles. The summed E-state index contributed by atoms with van der Waals surface area (Å²) in [4.78, 5) is 4.43. The summed E-state index contributed by atoms with van der Waals surface area (Å²) in [5.74, 6) is 0.548. The molecule has 6 nitrogen and oxygen atoms in total. The fourth-order valence-corrected chi connectivity index (χ4v) is 5.05. The van der Waals surface area contributed by atoms with Crippen LogP contribution in [0.5, 0.6) is 0 Å². The first-order valence-electron chi connectivity index (χ1n) is 12.4. The molecule has 0 bridgehead atoms. The van der Waals surface area contributed by atoms with Gasteiger partial charge < -0.3 is 24.4 Å². The molecule has 0 radical (unpaired) electrons. The van der Waals surface area contributed by atoms with E-state index >= 15 is 0 Å². The zero-order chi connectivity index (χ0) is 24.0. The molecule has 3 aromatic rings. The molecular weight excluding hydrogens is 463 g/mol. The van der Waals surface area contributed by atoms with Crippen molar-refractivity contribution in [3.8, 4) is 11.3 Å². The van der Waals surface area contributed by atoms with Crippen molar-refractivity contribution in [1.82, 2.24) is 10.1 Å². The van der Waals surface area contributed by atoms with Gasteiger partial charge in [-0.1, -0.05) is 35.5 Å². The topological polar surface area (TPSA) is 53.8 Å². The lowest BCUT2D eigenvalue weighted by Crippen LogP contribution is -2.40. The number of halogens is 1. The Morgan fingerprint density at radius 3 is 2.54 bits per heavy atom. The van der Waals surface area contributed by atoms with Gasteiger partial charge in [0.1, 0.15) is 11.5 Å². The highest BCUT2D eigenvalue weighted by atomic mass is 32.1. The van der Waals surface area contributed by atoms with Crippen LogP contribution >= 0.6 is 12.2 Å². The van der Waals surface area contributed by atoms with Gasteiger partial charge >= 0.3 is 0 Å². The minimum atomic E-state index is -0.277. The quantitative estimate of drug-likeness (QED) is 0.414. The predicted octanol–water partition coefficient (Wildman–Crippen LogP) is 5.85. The Hall–Kier alpha value is -2.97. The maximum Gasteiger partial charge on any atom is 0.232 e. The molecule has 5 rings (SSSR count). The lowest BCUT2D eigenvalue weighted by Gasteiger charge is -2.30. The maximum absolute atomic E-state index is 13.4. The molecule has 2 aliphatic heterocycles. The minimum absolute atomic E-state index is 0.112. The summed E-state index contributed by atoms with van der Waals surface area (Å²) in [6, 6.07) is 16.4. The van der Waals surface area contributed by atoms with E-state index in [1.165, 1.54) is 18.6 Å². The molecule has 2 aliphatic rings. The van der Waals surface area contributed by atoms with Crippen LogP contribution in [0.15, 0.2) is 59.1 Å². The van der Waals surface area contributed by atoms with Crippen molar-refractivity contribution < 1.29 is 13.7 Å². The van der Waals surface area contributed by atoms with Gasteiger partial charge in [0, 0.05) is 37.5 Å². The first-order valence-corrected chi connectivity index (χ1v) is 12.8. The van der Waals surface area contributed by atoms with Gasteiger partial charge in [0.25, 0.3) is 0 Å². The van der Waals surface area contributed by atoms with Gasteiger partial charge in [-0.05, 0) is 68.6 Å². The molecule has 0 unspecified atom stereocenters. The Morgan fingerprint density at radius 1 is 1.06 bits per heavy atom. The number of ether oxygens (including phenoxy) is 1. The molecule has 1 aromatic heterocycles. The largest absolute Gasteiger partial charge is 0.376 e. The Kier molecular flexibility index (Phi) is 7.59. The van der Waals surface area contributed by atoms with Crippen molar-refractivity contribution in [2.75, 3.05) is 36.5 Å². The molecule has 0 amide bonds. The molecule has 0 saturated carbocycles. The number of nitrogens with one attached hydrogen (secondary N) is 1. The molecule has 1 N–H and O–H groups in total. The van der Waals surface area contributed by atoms with Crippen LogP contribution < -0.4 is 10.2 Å². The van der Waals surface area contributed by atoms with Gasteiger partial charge in [0.15, 0.2) is 5.11 Å². The van der Waals surface area contributed by atoms with Crippen molar-refractivity contribution in [2.45, 2.75) is 44.8 Å². The number of hydrogen-bond donors (Lipinski definition) is 1. The first kappa shape index (κ1) is 23.8. The number of anilines is 2. The van der Waals surface area contributed by atoms with Crippen LogP contribution in [-0.4, -0.2) is 47.5 Å². The Labute approximate surface area is 211 Å². The normalized spacial score (nSPS) is 18.0. The smallest absolute Gasteiger partial charge is 0.232 e. The molecule has 2 saturated heterocycles. The Bertz CT molecular complexity index is 1110. The third-order valence-corrected chi connectivity index (χ3v) is 7.00. The highest BCUT2D eigenvalue weighted by Crippen LogP contribution is 2.34. The standard InChI is InChI=1S/C27H31FN4O2S/c28-21-11-13-22(14-12-21)29-27(35)32(18-23-10-7-17-33-23)19-24-25(20-8-3-1-4-9-20)30-34-26(24)31-15-5-2-6-16-31/h1,3-4,8-9,11-14,23H,2,5-7,10,15-19H2,(H,29,35)/t23-/m1/s1. The number of hydrogen-bond acceptors (Lipinski definition) is 5. The van der Waals surface area contributed by atoms with Gasteiger partial charge in [0.2, 0.25) is 5.88 Å². The summed E-state index contributed by atoms with van der Waals surface area (Å²) in [5, 5.41) is 8.37. The number of aromatic nitrogens is 1. The predicted molar refractivity (Wildman–Crippen MR) is 140 cm³/mol. The van der Waals surface area contributed by atoms with Crippen LogP contribution in [0.4, 0.5) is 16.0 Å². The molecule has 184 valence electrons. The van der Waals surface area contributed by atoms with E-state index in [9.17, 15) is 4.39 Å². The molecule has 2 aromatic carbocycles. The number of nitrogens with zero attached hydrogens (tertiary/aromatic N) is 3. The number of benzene rings is 2. The minimum Gasteiger partial charge on any atom is -0.376 e. The Morgan fingerprint density at radius 2 is 1.83 bits per heavy atom. The number of thiocarbonyl (C=S) groups is 1. The van der Waals surface area contributed by atoms with Crippen molar-refractivity contribution >= 4 is 28.9 Å². The van der Waals surface area contributed by atoms with Gasteiger partial charge in [-0.2, -0.15) is 0 Å². The summed E-state index contributed by atoms with van der Waals surface area (Å²) < 4.78 is 25.4. The van der Waals surface area contributed by atoms with E-state index in [1.807, 2.05) is 18.2 Å². The SMILES string of the molecule is Fc1ccc(NC(=S)N(Cc2c(-c3ccccc3)noc2N2CCCCC2)C[C@H]2CCCO2)cc1. The van der Waals surface area contributed by atoms with Gasteiger partial charge in [-0.3, -0.25) is 0 Å². The summed E-state index contributed by atoms with van der Waals surface area (Å²) in [6.45, 7) is 3.89. The fourth-order valence-electron chi connectivity index (χ4n) is 4.79. The summed E-state index contributed by atoms with van der Waals surface area (Å²) in [5.41, 5.74) is 3.63. The van der Waals surface area contributed by atoms with E-state index in [0.717, 1.165) is 73.8 Å². The summed E-state index contributed by atoms with van der Waals surface area (Å²) >= 11 is 5.86. The second kappa shape index (κ2) is 11.2. The Balaban J connectivity index is 1.46. The van der Waals surface area contributed by atoms with Crippen molar-refractivity contribution in [2.24, 2.45) is 0 Å². The van der Waals surface area contributed by atoms with Gasteiger partial charge in [-0.15, -0.1) is 0 Å². The molecule has 1 atom stereocenters. The van der Waals surface area contributed by atoms with Crippen LogP contribution in [0.2, 0.25) is 0 Å². The zero-order valence-electron chi connectivity index (χ0n) is 19.8. The second-order valence-electron chi connectivity index (χ2n) is 9.18. The van der Waals surface area contributed by atoms with Crippen LogP contribution in [0.3, 0.4) is 0 Å². The molecule has 35 heavy (non-hydrogen) atoms. The molecule has 3 heterocycles. The highest BCUT2D eigenvalue weighted by Gasteiger charge is 2.28. The van der Waals surface area contributed by atoms with E-state index in [1.54, 1.807) is 12.1 Å². The van der Waals surface area contributed by atoms with E-state index < -0.39 is 0 Å². The zero-order valence-corrected chi connectivity index (χ0v) is 20.6. The van der Waals surface area contributed by atoms with Crippen LogP contribution in [-0.2, 0) is 11.3 Å². The molecule has 0 spiro atoms. The lowest BCUT2D eigenvalue weighted by molar-refractivity contribution is 0.0905. The van der Waals surface area contributed by atoms with Crippen LogP contribution in [0.1, 0.15) is 37.7 Å².